The molecule has 4 heteroatoms. The Morgan fingerprint density at radius 2 is 1.80 bits per heavy atom. The SMILES string of the molecule is COc1cccc2c1N(C(=O)COc1ccccc1)C(C)(C)C=C2C. The minimum atomic E-state index is -0.469. The summed E-state index contributed by atoms with van der Waals surface area (Å²) in [5, 5.41) is 0. The van der Waals surface area contributed by atoms with Crippen LogP contribution in [0.25, 0.3) is 5.57 Å². The van der Waals surface area contributed by atoms with Gasteiger partial charge in [0.25, 0.3) is 5.91 Å². The van der Waals surface area contributed by atoms with Gasteiger partial charge in [-0.1, -0.05) is 36.4 Å². The average Bonchev–Trinajstić information content (AvgIpc) is 2.59. The van der Waals surface area contributed by atoms with E-state index >= 15 is 0 Å². The summed E-state index contributed by atoms with van der Waals surface area (Å²) < 4.78 is 11.2. The Balaban J connectivity index is 1.95. The second-order valence-electron chi connectivity index (χ2n) is 6.67. The Morgan fingerprint density at radius 1 is 1.08 bits per heavy atom. The van der Waals surface area contributed by atoms with Gasteiger partial charge in [0, 0.05) is 5.56 Å². The third-order valence-corrected chi connectivity index (χ3v) is 4.37. The Morgan fingerprint density at radius 3 is 2.48 bits per heavy atom. The van der Waals surface area contributed by atoms with Gasteiger partial charge in [0.1, 0.15) is 11.5 Å². The fourth-order valence-corrected chi connectivity index (χ4v) is 3.37. The molecule has 25 heavy (non-hydrogen) atoms. The van der Waals surface area contributed by atoms with Gasteiger partial charge in [-0.25, -0.2) is 0 Å². The van der Waals surface area contributed by atoms with E-state index in [-0.39, 0.29) is 12.5 Å². The molecule has 0 saturated heterocycles. The molecule has 1 heterocycles. The van der Waals surface area contributed by atoms with E-state index in [1.807, 2.05) is 62.4 Å². The number of fused-ring (bicyclic) bond motifs is 1. The molecule has 0 aliphatic carbocycles. The molecule has 130 valence electrons. The van der Waals surface area contributed by atoms with Crippen LogP contribution in [0.3, 0.4) is 0 Å². The molecule has 0 saturated carbocycles. The number of carbonyl (C=O) groups excluding carboxylic acids is 1. The van der Waals surface area contributed by atoms with E-state index in [9.17, 15) is 4.79 Å². The van der Waals surface area contributed by atoms with Gasteiger partial charge in [-0.2, -0.15) is 0 Å². The lowest BCUT2D eigenvalue weighted by molar-refractivity contribution is -0.121. The quantitative estimate of drug-likeness (QED) is 0.835. The molecule has 0 bridgehead atoms. The van der Waals surface area contributed by atoms with Gasteiger partial charge in [0.05, 0.1) is 18.3 Å². The maximum atomic E-state index is 13.0. The van der Waals surface area contributed by atoms with Crippen molar-refractivity contribution in [3.8, 4) is 11.5 Å². The highest BCUT2D eigenvalue weighted by Crippen LogP contribution is 2.44. The standard InChI is InChI=1S/C21H23NO3/c1-15-13-21(2,3)22(20-17(15)11-8-12-18(20)24-4)19(23)14-25-16-9-6-5-7-10-16/h5-13H,14H2,1-4H3. The van der Waals surface area contributed by atoms with E-state index in [1.54, 1.807) is 12.0 Å². The van der Waals surface area contributed by atoms with Gasteiger partial charge in [0.15, 0.2) is 6.61 Å². The minimum absolute atomic E-state index is 0.0299. The van der Waals surface area contributed by atoms with Gasteiger partial charge in [-0.15, -0.1) is 0 Å². The first-order chi connectivity index (χ1) is 11.9. The lowest BCUT2D eigenvalue weighted by Crippen LogP contribution is -2.50. The van der Waals surface area contributed by atoms with E-state index in [0.717, 1.165) is 16.8 Å². The van der Waals surface area contributed by atoms with Crippen molar-refractivity contribution in [2.75, 3.05) is 18.6 Å². The van der Waals surface area contributed by atoms with Gasteiger partial charge in [-0.05, 0) is 44.5 Å². The van der Waals surface area contributed by atoms with Crippen molar-refractivity contribution in [3.05, 3.63) is 60.2 Å². The summed E-state index contributed by atoms with van der Waals surface area (Å²) in [4.78, 5) is 14.8. The molecule has 0 aromatic heterocycles. The maximum absolute atomic E-state index is 13.0. The van der Waals surface area contributed by atoms with E-state index < -0.39 is 5.54 Å². The number of hydrogen-bond acceptors (Lipinski definition) is 3. The fraction of sp³-hybridized carbons (Fsp3) is 0.286. The summed E-state index contributed by atoms with van der Waals surface area (Å²) >= 11 is 0. The van der Waals surface area contributed by atoms with Crippen molar-refractivity contribution < 1.29 is 14.3 Å². The van der Waals surface area contributed by atoms with E-state index in [4.69, 9.17) is 9.47 Å². The van der Waals surface area contributed by atoms with Crippen molar-refractivity contribution in [1.29, 1.82) is 0 Å². The molecule has 2 aromatic rings. The summed E-state index contributed by atoms with van der Waals surface area (Å²) in [6.45, 7) is 6.07. The van der Waals surface area contributed by atoms with Crippen molar-refractivity contribution in [1.82, 2.24) is 0 Å². The number of methoxy groups -OCH3 is 1. The monoisotopic (exact) mass is 337 g/mol. The molecule has 0 atom stereocenters. The normalized spacial score (nSPS) is 15.2. The van der Waals surface area contributed by atoms with E-state index in [1.165, 1.54) is 0 Å². The van der Waals surface area contributed by atoms with E-state index in [2.05, 4.69) is 13.0 Å². The summed E-state index contributed by atoms with van der Waals surface area (Å²) in [5.41, 5.74) is 2.47. The van der Waals surface area contributed by atoms with Gasteiger partial charge in [0.2, 0.25) is 0 Å². The van der Waals surface area contributed by atoms with Crippen molar-refractivity contribution >= 4 is 17.2 Å². The molecule has 0 fully saturated rings. The maximum Gasteiger partial charge on any atom is 0.265 e. The van der Waals surface area contributed by atoms with Crippen LogP contribution < -0.4 is 14.4 Å². The predicted octanol–water partition coefficient (Wildman–Crippen LogP) is 4.30. The van der Waals surface area contributed by atoms with Gasteiger partial charge < -0.3 is 9.47 Å². The summed E-state index contributed by atoms with van der Waals surface area (Å²) in [6, 6.07) is 15.2. The third kappa shape index (κ3) is 3.25. The lowest BCUT2D eigenvalue weighted by Gasteiger charge is -2.42. The molecule has 0 radical (unpaired) electrons. The minimum Gasteiger partial charge on any atom is -0.495 e. The zero-order valence-corrected chi connectivity index (χ0v) is 15.1. The predicted molar refractivity (Wildman–Crippen MR) is 100 cm³/mol. The molecule has 0 unspecified atom stereocenters. The number of carbonyl (C=O) groups is 1. The molecule has 0 N–H and O–H groups in total. The van der Waals surface area contributed by atoms with Crippen LogP contribution in [0.15, 0.2) is 54.6 Å². The number of benzene rings is 2. The molecule has 3 rings (SSSR count). The molecular formula is C21H23NO3. The van der Waals surface area contributed by atoms with E-state index in [0.29, 0.717) is 11.5 Å². The number of amides is 1. The Labute approximate surface area is 148 Å². The summed E-state index contributed by atoms with van der Waals surface area (Å²) in [5.74, 6) is 1.26. The molecule has 1 amide bonds. The van der Waals surface area contributed by atoms with Crippen LogP contribution >= 0.6 is 0 Å². The summed E-state index contributed by atoms with van der Waals surface area (Å²) in [7, 11) is 1.62. The fourth-order valence-electron chi connectivity index (χ4n) is 3.37. The van der Waals surface area contributed by atoms with Gasteiger partial charge >= 0.3 is 0 Å². The van der Waals surface area contributed by atoms with Crippen LogP contribution in [-0.4, -0.2) is 25.2 Å². The number of allylic oxidation sites excluding steroid dienone is 1. The Kier molecular flexibility index (Phi) is 4.53. The Hall–Kier alpha value is -2.75. The smallest absolute Gasteiger partial charge is 0.265 e. The number of ether oxygens (including phenoxy) is 2. The highest BCUT2D eigenvalue weighted by molar-refractivity contribution is 6.02. The third-order valence-electron chi connectivity index (χ3n) is 4.37. The highest BCUT2D eigenvalue weighted by atomic mass is 16.5. The van der Waals surface area contributed by atoms with Crippen LogP contribution in [-0.2, 0) is 4.79 Å². The van der Waals surface area contributed by atoms with Crippen LogP contribution in [0.5, 0.6) is 11.5 Å². The van der Waals surface area contributed by atoms with Crippen LogP contribution in [0, 0.1) is 0 Å². The highest BCUT2D eigenvalue weighted by Gasteiger charge is 2.37. The van der Waals surface area contributed by atoms with Crippen molar-refractivity contribution in [2.24, 2.45) is 0 Å². The number of nitrogens with zero attached hydrogens (tertiary/aromatic N) is 1. The number of para-hydroxylation sites is 2. The number of anilines is 1. The molecule has 4 nitrogen and oxygen atoms in total. The Bertz CT molecular complexity index is 809. The first-order valence-electron chi connectivity index (χ1n) is 8.32. The molecular weight excluding hydrogens is 314 g/mol. The topological polar surface area (TPSA) is 38.8 Å². The zero-order valence-electron chi connectivity index (χ0n) is 15.1. The number of hydrogen-bond donors (Lipinski definition) is 0. The first kappa shape index (κ1) is 17.1. The first-order valence-corrected chi connectivity index (χ1v) is 8.32. The van der Waals surface area contributed by atoms with Crippen LogP contribution in [0.4, 0.5) is 5.69 Å². The van der Waals surface area contributed by atoms with Crippen LogP contribution in [0.1, 0.15) is 26.3 Å². The van der Waals surface area contributed by atoms with Gasteiger partial charge in [-0.3, -0.25) is 9.69 Å². The zero-order chi connectivity index (χ0) is 18.0. The second kappa shape index (κ2) is 6.63. The lowest BCUT2D eigenvalue weighted by atomic mass is 9.88. The second-order valence-corrected chi connectivity index (χ2v) is 6.67. The largest absolute Gasteiger partial charge is 0.495 e. The molecule has 0 spiro atoms. The van der Waals surface area contributed by atoms with Crippen molar-refractivity contribution in [2.45, 2.75) is 26.3 Å². The molecule has 2 aromatic carbocycles. The molecule has 1 aliphatic rings. The summed E-state index contributed by atoms with van der Waals surface area (Å²) in [6.07, 6.45) is 2.11. The van der Waals surface area contributed by atoms with Crippen molar-refractivity contribution in [3.63, 3.8) is 0 Å². The average molecular weight is 337 g/mol. The van der Waals surface area contributed by atoms with Crippen LogP contribution in [0.2, 0.25) is 0 Å². The molecule has 1 aliphatic heterocycles. The number of rotatable bonds is 4.